The number of ketones is 1. The summed E-state index contributed by atoms with van der Waals surface area (Å²) in [4.78, 5) is 29.9. The Kier molecular flexibility index (Phi) is 4.60. The average Bonchev–Trinajstić information content (AvgIpc) is 1.98. The summed E-state index contributed by atoms with van der Waals surface area (Å²) < 4.78 is 0. The predicted octanol–water partition coefficient (Wildman–Crippen LogP) is -0.976. The van der Waals surface area contributed by atoms with Gasteiger partial charge in [-0.25, -0.2) is 0 Å². The van der Waals surface area contributed by atoms with E-state index in [0.717, 1.165) is 0 Å². The Bertz CT molecular complexity index is 227. The van der Waals surface area contributed by atoms with Crippen LogP contribution in [0.4, 0.5) is 0 Å². The lowest BCUT2D eigenvalue weighted by atomic mass is 10.1. The molecule has 7 nitrogen and oxygen atoms in total. The number of Topliss-reactive ketones (excluding diaryl/α,β-unsaturated/α-hetero) is 1. The van der Waals surface area contributed by atoms with Crippen LogP contribution in [0.2, 0.25) is 0 Å². The smallest absolute Gasteiger partial charge is 0.320 e. The van der Waals surface area contributed by atoms with Gasteiger partial charge in [0.1, 0.15) is 6.04 Å². The van der Waals surface area contributed by atoms with Gasteiger partial charge in [0.05, 0.1) is 0 Å². The molecule has 0 aromatic carbocycles. The lowest BCUT2D eigenvalue weighted by Gasteiger charge is -2.02. The van der Waals surface area contributed by atoms with Crippen LogP contribution in [0.5, 0.6) is 0 Å². The van der Waals surface area contributed by atoms with Crippen molar-refractivity contribution in [1.82, 2.24) is 0 Å². The summed E-state index contributed by atoms with van der Waals surface area (Å²) >= 11 is 0. The fourth-order valence-corrected chi connectivity index (χ4v) is 0.663. The molecule has 0 heterocycles. The van der Waals surface area contributed by atoms with Crippen LogP contribution in [-0.2, 0) is 9.59 Å². The molecule has 0 aliphatic rings. The molecule has 0 saturated carbocycles. The zero-order valence-corrected chi connectivity index (χ0v) is 6.80. The number of rotatable bonds is 6. The van der Waals surface area contributed by atoms with E-state index < -0.39 is 29.3 Å². The van der Waals surface area contributed by atoms with E-state index in [2.05, 4.69) is 0 Å². The molecular weight excluding hydrogens is 180 g/mol. The average molecular weight is 190 g/mol. The van der Waals surface area contributed by atoms with Crippen molar-refractivity contribution in [3.63, 3.8) is 0 Å². The van der Waals surface area contributed by atoms with E-state index in [9.17, 15) is 19.7 Å². The fourth-order valence-electron chi connectivity index (χ4n) is 0.663. The van der Waals surface area contributed by atoms with E-state index >= 15 is 0 Å². The largest absolute Gasteiger partial charge is 0.480 e. The van der Waals surface area contributed by atoms with Gasteiger partial charge in [0.25, 0.3) is 6.54 Å². The highest BCUT2D eigenvalue weighted by Gasteiger charge is 2.15. The third-order valence-electron chi connectivity index (χ3n) is 1.36. The molecule has 0 amide bonds. The second-order valence-electron chi connectivity index (χ2n) is 2.51. The Balaban J connectivity index is 3.70. The van der Waals surface area contributed by atoms with Gasteiger partial charge in [-0.05, 0) is 6.42 Å². The number of carboxylic acid groups (broad SMARTS) is 1. The third kappa shape index (κ3) is 5.74. The van der Waals surface area contributed by atoms with Crippen molar-refractivity contribution in [1.29, 1.82) is 0 Å². The summed E-state index contributed by atoms with van der Waals surface area (Å²) in [6, 6.07) is -1.13. The zero-order valence-electron chi connectivity index (χ0n) is 6.80. The van der Waals surface area contributed by atoms with Crippen LogP contribution in [0.3, 0.4) is 0 Å². The van der Waals surface area contributed by atoms with Gasteiger partial charge in [0.2, 0.25) is 5.78 Å². The minimum atomic E-state index is -1.21. The number of carbonyl (C=O) groups is 2. The lowest BCUT2D eigenvalue weighted by molar-refractivity contribution is -0.467. The van der Waals surface area contributed by atoms with Crippen LogP contribution in [0.1, 0.15) is 12.8 Å². The second kappa shape index (κ2) is 5.20. The first-order valence-corrected chi connectivity index (χ1v) is 3.55. The normalized spacial score (nSPS) is 12.1. The Labute approximate surface area is 73.7 Å². The van der Waals surface area contributed by atoms with Gasteiger partial charge in [-0.2, -0.15) is 0 Å². The number of hydrogen-bond acceptors (Lipinski definition) is 5. The maximum Gasteiger partial charge on any atom is 0.320 e. The summed E-state index contributed by atoms with van der Waals surface area (Å²) in [5.41, 5.74) is 5.07. The van der Waals surface area contributed by atoms with Crippen molar-refractivity contribution in [2.24, 2.45) is 5.73 Å². The van der Waals surface area contributed by atoms with Crippen LogP contribution in [0.15, 0.2) is 0 Å². The third-order valence-corrected chi connectivity index (χ3v) is 1.36. The number of carboxylic acids is 1. The molecule has 0 rings (SSSR count). The van der Waals surface area contributed by atoms with Gasteiger partial charge in [-0.3, -0.25) is 19.7 Å². The van der Waals surface area contributed by atoms with Crippen molar-refractivity contribution >= 4 is 11.8 Å². The van der Waals surface area contributed by atoms with Gasteiger partial charge in [-0.15, -0.1) is 0 Å². The predicted molar refractivity (Wildman–Crippen MR) is 41.7 cm³/mol. The van der Waals surface area contributed by atoms with E-state index in [-0.39, 0.29) is 12.8 Å². The zero-order chi connectivity index (χ0) is 10.4. The molecule has 1 atom stereocenters. The summed E-state index contributed by atoms with van der Waals surface area (Å²) in [5.74, 6) is -1.82. The molecule has 0 saturated heterocycles. The van der Waals surface area contributed by atoms with Gasteiger partial charge in [-0.1, -0.05) is 0 Å². The summed E-state index contributed by atoms with van der Waals surface area (Å²) in [5, 5.41) is 18.1. The van der Waals surface area contributed by atoms with Crippen molar-refractivity contribution in [3.8, 4) is 0 Å². The fraction of sp³-hybridized carbons (Fsp3) is 0.667. The number of hydrogen-bond donors (Lipinski definition) is 2. The minimum absolute atomic E-state index is 0.0675. The van der Waals surface area contributed by atoms with Crippen LogP contribution in [0, 0.1) is 10.1 Å². The van der Waals surface area contributed by atoms with E-state index in [1.807, 2.05) is 0 Å². The summed E-state index contributed by atoms with van der Waals surface area (Å²) in [6.07, 6.45) is -0.240. The SMILES string of the molecule is N[C@@H](CCC(=O)C[N+](=O)[O-])C(=O)O. The molecule has 0 unspecified atom stereocenters. The van der Waals surface area contributed by atoms with Crippen LogP contribution >= 0.6 is 0 Å². The van der Waals surface area contributed by atoms with Crippen molar-refractivity contribution in [3.05, 3.63) is 10.1 Å². The minimum Gasteiger partial charge on any atom is -0.480 e. The van der Waals surface area contributed by atoms with Gasteiger partial charge in [0, 0.05) is 11.3 Å². The first-order valence-electron chi connectivity index (χ1n) is 3.55. The number of carbonyl (C=O) groups excluding carboxylic acids is 1. The first kappa shape index (κ1) is 11.5. The Hall–Kier alpha value is -1.50. The Morgan fingerprint density at radius 3 is 2.46 bits per heavy atom. The number of aliphatic carboxylic acids is 1. The molecule has 0 aromatic heterocycles. The monoisotopic (exact) mass is 190 g/mol. The van der Waals surface area contributed by atoms with Crippen molar-refractivity contribution < 1.29 is 19.6 Å². The molecule has 13 heavy (non-hydrogen) atoms. The quantitative estimate of drug-likeness (QED) is 0.410. The summed E-state index contributed by atoms with van der Waals surface area (Å²) in [7, 11) is 0. The van der Waals surface area contributed by atoms with E-state index in [1.54, 1.807) is 0 Å². The van der Waals surface area contributed by atoms with Crippen LogP contribution in [0.25, 0.3) is 0 Å². The maximum absolute atomic E-state index is 10.7. The van der Waals surface area contributed by atoms with Gasteiger partial charge >= 0.3 is 5.97 Å². The summed E-state index contributed by atoms with van der Waals surface area (Å²) in [6.45, 7) is -0.771. The Morgan fingerprint density at radius 2 is 2.08 bits per heavy atom. The van der Waals surface area contributed by atoms with Gasteiger partial charge < -0.3 is 10.8 Å². The molecule has 74 valence electrons. The standard InChI is InChI=1S/C6H10N2O5/c7-5(6(10)11)2-1-4(9)3-8(12)13/h5H,1-3,7H2,(H,10,11)/t5-/m0/s1. The number of nitrogens with two attached hydrogens (primary N) is 1. The highest BCUT2D eigenvalue weighted by atomic mass is 16.6. The second-order valence-corrected chi connectivity index (χ2v) is 2.51. The van der Waals surface area contributed by atoms with E-state index in [0.29, 0.717) is 0 Å². The van der Waals surface area contributed by atoms with Crippen LogP contribution < -0.4 is 5.73 Å². The molecule has 0 aliphatic carbocycles. The van der Waals surface area contributed by atoms with Gasteiger partial charge in [0.15, 0.2) is 0 Å². The Morgan fingerprint density at radius 1 is 1.54 bits per heavy atom. The molecule has 0 aliphatic heterocycles. The maximum atomic E-state index is 10.7. The molecule has 0 aromatic rings. The molecule has 3 N–H and O–H groups in total. The van der Waals surface area contributed by atoms with Crippen LogP contribution in [-0.4, -0.2) is 34.4 Å². The highest BCUT2D eigenvalue weighted by Crippen LogP contribution is 1.96. The molecule has 0 fully saturated rings. The van der Waals surface area contributed by atoms with Crippen molar-refractivity contribution in [2.45, 2.75) is 18.9 Å². The topological polar surface area (TPSA) is 124 Å². The number of nitro groups is 1. The molecule has 0 bridgehead atoms. The lowest BCUT2D eigenvalue weighted by Crippen LogP contribution is -2.31. The molecular formula is C6H10N2O5. The van der Waals surface area contributed by atoms with Crippen molar-refractivity contribution in [2.75, 3.05) is 6.54 Å². The van der Waals surface area contributed by atoms with E-state index in [4.69, 9.17) is 10.8 Å². The molecule has 0 spiro atoms. The van der Waals surface area contributed by atoms with E-state index in [1.165, 1.54) is 0 Å². The number of nitrogens with zero attached hydrogens (tertiary/aromatic N) is 1. The molecule has 7 heteroatoms. The highest BCUT2D eigenvalue weighted by molar-refractivity contribution is 5.80. The first-order chi connectivity index (χ1) is 5.93. The molecule has 0 radical (unpaired) electrons.